The summed E-state index contributed by atoms with van der Waals surface area (Å²) in [4.78, 5) is 24.9. The quantitative estimate of drug-likeness (QED) is 0.576. The third kappa shape index (κ3) is 5.72. The van der Waals surface area contributed by atoms with Crippen LogP contribution >= 0.6 is 0 Å². The summed E-state index contributed by atoms with van der Waals surface area (Å²) in [5.74, 6) is -2.48. The van der Waals surface area contributed by atoms with Gasteiger partial charge in [0.15, 0.2) is 0 Å². The smallest absolute Gasteiger partial charge is 0.246 e. The van der Waals surface area contributed by atoms with Crippen LogP contribution in [0, 0.1) is 40.7 Å². The van der Waals surface area contributed by atoms with Crippen molar-refractivity contribution in [3.8, 4) is 0 Å². The zero-order valence-corrected chi connectivity index (χ0v) is 19.9. The molecular weight excluding hydrogens is 430 g/mol. The number of halogens is 2. The molecule has 2 saturated carbocycles. The van der Waals surface area contributed by atoms with E-state index in [0.29, 0.717) is 5.56 Å². The molecule has 2 aliphatic rings. The van der Waals surface area contributed by atoms with Gasteiger partial charge in [0.1, 0.15) is 18.2 Å². The molecule has 0 aliphatic heterocycles. The molecule has 8 heteroatoms. The van der Waals surface area contributed by atoms with Crippen molar-refractivity contribution in [1.82, 2.24) is 10.6 Å². The van der Waals surface area contributed by atoms with E-state index < -0.39 is 23.7 Å². The summed E-state index contributed by atoms with van der Waals surface area (Å²) in [5.41, 5.74) is 0.299. The SMILES string of the molecule is COCC(=O)N[C@H]1CC[C@@]2(C)CC[C@@H]([C@H](C)C(=O)NCc3cc(F)cc(F)c3)[C@H](O)[C@H]2[C@H]1C. The van der Waals surface area contributed by atoms with Crippen molar-refractivity contribution in [2.24, 2.45) is 29.1 Å². The van der Waals surface area contributed by atoms with Crippen molar-refractivity contribution >= 4 is 11.8 Å². The van der Waals surface area contributed by atoms with E-state index in [4.69, 9.17) is 4.74 Å². The molecule has 6 nitrogen and oxygen atoms in total. The normalized spacial score (nSPS) is 32.5. The van der Waals surface area contributed by atoms with E-state index in [1.165, 1.54) is 19.2 Å². The first-order valence-corrected chi connectivity index (χ1v) is 11.7. The average molecular weight is 467 g/mol. The highest BCUT2D eigenvalue weighted by Gasteiger charge is 2.53. The molecule has 3 N–H and O–H groups in total. The number of aliphatic hydroxyl groups excluding tert-OH is 1. The molecule has 33 heavy (non-hydrogen) atoms. The molecule has 0 heterocycles. The number of carbonyl (C=O) groups excluding carboxylic acids is 2. The van der Waals surface area contributed by atoms with Crippen LogP contribution in [0.25, 0.3) is 0 Å². The number of rotatable bonds is 7. The standard InChI is InChI=1S/C25H36F2N2O4/c1-14(24(32)28-12-16-9-17(26)11-18(27)10-16)19-5-7-25(3)8-6-20(29-21(30)13-33-4)15(2)22(25)23(19)31/h9-11,14-15,19-20,22-23,31H,5-8,12-13H2,1-4H3,(H,28,32)(H,29,30)/t14-,15-,19-,20-,22+,23-,25+/m0/s1. The van der Waals surface area contributed by atoms with Gasteiger partial charge in [-0.1, -0.05) is 20.8 Å². The maximum absolute atomic E-state index is 13.4. The number of benzene rings is 1. The second kappa shape index (κ2) is 10.5. The minimum atomic E-state index is -0.687. The first-order valence-electron chi connectivity index (χ1n) is 11.7. The Morgan fingerprint density at radius 2 is 1.85 bits per heavy atom. The van der Waals surface area contributed by atoms with Crippen molar-refractivity contribution < 1.29 is 28.2 Å². The molecule has 3 rings (SSSR count). The van der Waals surface area contributed by atoms with Gasteiger partial charge in [-0.15, -0.1) is 0 Å². The Morgan fingerprint density at radius 3 is 2.48 bits per heavy atom. The molecule has 0 spiro atoms. The fourth-order valence-corrected chi connectivity index (χ4v) is 6.13. The minimum Gasteiger partial charge on any atom is -0.392 e. The Bertz CT molecular complexity index is 847. The molecule has 7 atom stereocenters. The fourth-order valence-electron chi connectivity index (χ4n) is 6.13. The highest BCUT2D eigenvalue weighted by Crippen LogP contribution is 2.55. The maximum atomic E-state index is 13.4. The van der Waals surface area contributed by atoms with Gasteiger partial charge in [0.25, 0.3) is 0 Å². The van der Waals surface area contributed by atoms with Crippen molar-refractivity contribution in [1.29, 1.82) is 0 Å². The van der Waals surface area contributed by atoms with Gasteiger partial charge in [-0.2, -0.15) is 0 Å². The number of hydrogen-bond donors (Lipinski definition) is 3. The lowest BCUT2D eigenvalue weighted by molar-refractivity contribution is -0.144. The van der Waals surface area contributed by atoms with Gasteiger partial charge in [-0.25, -0.2) is 8.78 Å². The molecule has 184 valence electrons. The summed E-state index contributed by atoms with van der Waals surface area (Å²) in [6.07, 6.45) is 2.68. The Morgan fingerprint density at radius 1 is 1.21 bits per heavy atom. The van der Waals surface area contributed by atoms with Crippen LogP contribution in [0.5, 0.6) is 0 Å². The molecule has 1 aromatic carbocycles. The van der Waals surface area contributed by atoms with Crippen molar-refractivity contribution in [2.45, 2.75) is 65.1 Å². The average Bonchev–Trinajstić information content (AvgIpc) is 2.73. The maximum Gasteiger partial charge on any atom is 0.246 e. The first-order chi connectivity index (χ1) is 15.6. The number of ether oxygens (including phenoxy) is 1. The summed E-state index contributed by atoms with van der Waals surface area (Å²) in [6.45, 7) is 6.08. The van der Waals surface area contributed by atoms with Crippen LogP contribution in [-0.2, 0) is 20.9 Å². The zero-order valence-electron chi connectivity index (χ0n) is 19.9. The second-order valence-corrected chi connectivity index (χ2v) is 10.2. The number of fused-ring (bicyclic) bond motifs is 1. The van der Waals surface area contributed by atoms with Gasteiger partial charge in [-0.05, 0) is 66.5 Å². The Labute approximate surface area is 194 Å². The van der Waals surface area contributed by atoms with Crippen LogP contribution in [0.2, 0.25) is 0 Å². The van der Waals surface area contributed by atoms with E-state index in [2.05, 4.69) is 24.5 Å². The Balaban J connectivity index is 1.66. The van der Waals surface area contributed by atoms with Gasteiger partial charge in [-0.3, -0.25) is 9.59 Å². The van der Waals surface area contributed by atoms with Crippen LogP contribution in [0.4, 0.5) is 8.78 Å². The van der Waals surface area contributed by atoms with Crippen LogP contribution < -0.4 is 10.6 Å². The minimum absolute atomic E-state index is 0.00273. The largest absolute Gasteiger partial charge is 0.392 e. The van der Waals surface area contributed by atoms with Crippen LogP contribution in [-0.4, -0.2) is 42.8 Å². The predicted molar refractivity (Wildman–Crippen MR) is 120 cm³/mol. The number of methoxy groups -OCH3 is 1. The lowest BCUT2D eigenvalue weighted by Gasteiger charge is -2.56. The van der Waals surface area contributed by atoms with Gasteiger partial charge < -0.3 is 20.5 Å². The van der Waals surface area contributed by atoms with Gasteiger partial charge in [0.05, 0.1) is 6.10 Å². The first kappa shape index (κ1) is 25.6. The summed E-state index contributed by atoms with van der Waals surface area (Å²) >= 11 is 0. The van der Waals surface area contributed by atoms with E-state index >= 15 is 0 Å². The molecule has 0 unspecified atom stereocenters. The van der Waals surface area contributed by atoms with E-state index in [1.54, 1.807) is 6.92 Å². The highest BCUT2D eigenvalue weighted by molar-refractivity contribution is 5.78. The van der Waals surface area contributed by atoms with Crippen molar-refractivity contribution in [3.63, 3.8) is 0 Å². The third-order valence-corrected chi connectivity index (χ3v) is 7.95. The van der Waals surface area contributed by atoms with Gasteiger partial charge >= 0.3 is 0 Å². The summed E-state index contributed by atoms with van der Waals surface area (Å²) in [5, 5.41) is 17.2. The van der Waals surface area contributed by atoms with Crippen LogP contribution in [0.3, 0.4) is 0 Å². The molecule has 2 fully saturated rings. The number of amides is 2. The molecule has 2 aliphatic carbocycles. The zero-order chi connectivity index (χ0) is 24.3. The summed E-state index contributed by atoms with van der Waals surface area (Å²) in [7, 11) is 1.48. The molecular formula is C25H36F2N2O4. The van der Waals surface area contributed by atoms with E-state index in [0.717, 1.165) is 31.7 Å². The predicted octanol–water partition coefficient (Wildman–Crippen LogP) is 3.17. The van der Waals surface area contributed by atoms with Crippen molar-refractivity contribution in [3.05, 3.63) is 35.4 Å². The monoisotopic (exact) mass is 466 g/mol. The Hall–Kier alpha value is -2.06. The highest BCUT2D eigenvalue weighted by atomic mass is 19.1. The number of nitrogens with one attached hydrogen (secondary N) is 2. The van der Waals surface area contributed by atoms with Crippen LogP contribution in [0.15, 0.2) is 18.2 Å². The molecule has 2 amide bonds. The van der Waals surface area contributed by atoms with Crippen molar-refractivity contribution in [2.75, 3.05) is 13.7 Å². The third-order valence-electron chi connectivity index (χ3n) is 7.95. The Kier molecular flexibility index (Phi) is 8.11. The van der Waals surface area contributed by atoms with Gasteiger partial charge in [0, 0.05) is 31.7 Å². The molecule has 0 aromatic heterocycles. The van der Waals surface area contributed by atoms with E-state index in [9.17, 15) is 23.5 Å². The molecule has 0 bridgehead atoms. The lowest BCUT2D eigenvalue weighted by Crippen LogP contribution is -2.58. The fraction of sp³-hybridized carbons (Fsp3) is 0.680. The number of aliphatic hydroxyl groups is 1. The molecule has 1 aromatic rings. The topological polar surface area (TPSA) is 87.7 Å². The summed E-state index contributed by atoms with van der Waals surface area (Å²) in [6, 6.07) is 3.12. The second-order valence-electron chi connectivity index (χ2n) is 10.2. The summed E-state index contributed by atoms with van der Waals surface area (Å²) < 4.78 is 31.8. The molecule has 0 saturated heterocycles. The number of hydrogen-bond acceptors (Lipinski definition) is 4. The van der Waals surface area contributed by atoms with E-state index in [1.807, 2.05) is 0 Å². The van der Waals surface area contributed by atoms with Crippen LogP contribution in [0.1, 0.15) is 52.0 Å². The lowest BCUT2D eigenvalue weighted by atomic mass is 9.51. The number of carbonyl (C=O) groups is 2. The van der Waals surface area contributed by atoms with Gasteiger partial charge in [0.2, 0.25) is 11.8 Å². The van der Waals surface area contributed by atoms with E-state index in [-0.39, 0.29) is 54.2 Å². The molecule has 0 radical (unpaired) electrons.